The molecule has 2 atom stereocenters. The van der Waals surface area contributed by atoms with Gasteiger partial charge in [-0.25, -0.2) is 0 Å². The van der Waals surface area contributed by atoms with Crippen LogP contribution in [0.15, 0.2) is 24.3 Å². The van der Waals surface area contributed by atoms with Crippen LogP contribution < -0.4 is 4.74 Å². The summed E-state index contributed by atoms with van der Waals surface area (Å²) in [4.78, 5) is 4.96. The number of methoxy groups -OCH3 is 1. The lowest BCUT2D eigenvalue weighted by Crippen LogP contribution is -2.60. The van der Waals surface area contributed by atoms with E-state index in [0.717, 1.165) is 44.9 Å². The average molecular weight is 304 g/mol. The van der Waals surface area contributed by atoms with E-state index >= 15 is 0 Å². The Labute approximate surface area is 133 Å². The predicted octanol–water partition coefficient (Wildman–Crippen LogP) is 2.12. The van der Waals surface area contributed by atoms with Gasteiger partial charge in [0.1, 0.15) is 5.75 Å². The van der Waals surface area contributed by atoms with Crippen LogP contribution in [0.3, 0.4) is 0 Å². The number of benzene rings is 1. The zero-order valence-corrected chi connectivity index (χ0v) is 13.8. The van der Waals surface area contributed by atoms with Gasteiger partial charge in [0.15, 0.2) is 0 Å². The number of hydrogen-bond acceptors (Lipinski definition) is 4. The summed E-state index contributed by atoms with van der Waals surface area (Å²) in [6.45, 7) is 7.15. The number of hydrogen-bond donors (Lipinski definition) is 1. The minimum absolute atomic E-state index is 0.266. The van der Waals surface area contributed by atoms with Crippen LogP contribution >= 0.6 is 0 Å². The van der Waals surface area contributed by atoms with Gasteiger partial charge in [-0.05, 0) is 57.0 Å². The van der Waals surface area contributed by atoms with Crippen LogP contribution in [0, 0.1) is 0 Å². The first-order valence-electron chi connectivity index (χ1n) is 8.40. The molecule has 1 N–H and O–H groups in total. The fourth-order valence-corrected chi connectivity index (χ4v) is 3.78. The number of ether oxygens (including phenoxy) is 1. The molecule has 0 amide bonds. The maximum atomic E-state index is 10.8. The van der Waals surface area contributed by atoms with Gasteiger partial charge in [0.05, 0.1) is 18.8 Å². The van der Waals surface area contributed by atoms with E-state index in [1.54, 1.807) is 7.11 Å². The molecular weight excluding hydrogens is 276 g/mol. The van der Waals surface area contributed by atoms with E-state index in [0.29, 0.717) is 0 Å². The van der Waals surface area contributed by atoms with E-state index in [2.05, 4.69) is 21.9 Å². The van der Waals surface area contributed by atoms with Gasteiger partial charge in [-0.2, -0.15) is 0 Å². The van der Waals surface area contributed by atoms with Crippen LogP contribution in [-0.4, -0.2) is 59.8 Å². The molecule has 2 saturated heterocycles. The first-order valence-corrected chi connectivity index (χ1v) is 8.40. The summed E-state index contributed by atoms with van der Waals surface area (Å²) in [5, 5.41) is 10.8. The van der Waals surface area contributed by atoms with Crippen LogP contribution in [0.1, 0.15) is 31.7 Å². The smallest absolute Gasteiger partial charge is 0.118 e. The van der Waals surface area contributed by atoms with E-state index in [9.17, 15) is 5.11 Å². The number of piperidine rings is 1. The normalized spacial score (nSPS) is 30.6. The van der Waals surface area contributed by atoms with E-state index in [-0.39, 0.29) is 6.04 Å². The molecule has 2 aliphatic heterocycles. The third-order valence-corrected chi connectivity index (χ3v) is 5.23. The molecular formula is C18H28N2O2. The lowest BCUT2D eigenvalue weighted by molar-refractivity contribution is -0.0776. The van der Waals surface area contributed by atoms with Crippen molar-refractivity contribution >= 4 is 0 Å². The Bertz CT molecular complexity index is 480. The van der Waals surface area contributed by atoms with Gasteiger partial charge in [0, 0.05) is 19.6 Å². The summed E-state index contributed by atoms with van der Waals surface area (Å²) in [6.07, 6.45) is 3.39. The zero-order chi connectivity index (χ0) is 15.6. The highest BCUT2D eigenvalue weighted by molar-refractivity contribution is 5.27. The third kappa shape index (κ3) is 3.45. The van der Waals surface area contributed by atoms with E-state index < -0.39 is 5.60 Å². The molecule has 4 heteroatoms. The number of aliphatic hydroxyl groups is 1. The van der Waals surface area contributed by atoms with Crippen molar-refractivity contribution in [3.05, 3.63) is 29.8 Å². The van der Waals surface area contributed by atoms with Crippen molar-refractivity contribution in [2.75, 3.05) is 33.3 Å². The molecule has 2 fully saturated rings. The lowest BCUT2D eigenvalue weighted by atomic mass is 9.87. The Kier molecular flexibility index (Phi) is 4.71. The second-order valence-electron chi connectivity index (χ2n) is 6.95. The van der Waals surface area contributed by atoms with Crippen molar-refractivity contribution in [3.63, 3.8) is 0 Å². The Balaban J connectivity index is 1.64. The summed E-state index contributed by atoms with van der Waals surface area (Å²) in [6, 6.07) is 8.58. The maximum Gasteiger partial charge on any atom is 0.118 e. The summed E-state index contributed by atoms with van der Waals surface area (Å²) in [5.41, 5.74) is 0.753. The number of nitrogens with zero attached hydrogens (tertiary/aromatic N) is 2. The Morgan fingerprint density at radius 1 is 1.18 bits per heavy atom. The fourth-order valence-electron chi connectivity index (χ4n) is 3.78. The van der Waals surface area contributed by atoms with Crippen molar-refractivity contribution < 1.29 is 9.84 Å². The minimum Gasteiger partial charge on any atom is -0.497 e. The summed E-state index contributed by atoms with van der Waals surface area (Å²) >= 11 is 0. The lowest BCUT2D eigenvalue weighted by Gasteiger charge is -2.46. The second-order valence-corrected chi connectivity index (χ2v) is 6.95. The molecule has 122 valence electrons. The molecule has 0 saturated carbocycles. The molecule has 1 aromatic carbocycles. The molecule has 0 aromatic heterocycles. The highest BCUT2D eigenvalue weighted by Crippen LogP contribution is 2.29. The summed E-state index contributed by atoms with van der Waals surface area (Å²) in [5.74, 6) is 0.903. The van der Waals surface area contributed by atoms with Gasteiger partial charge in [-0.1, -0.05) is 12.1 Å². The van der Waals surface area contributed by atoms with Crippen LogP contribution in [0.4, 0.5) is 0 Å². The molecule has 0 radical (unpaired) electrons. The number of rotatable bonds is 4. The Morgan fingerprint density at radius 2 is 1.86 bits per heavy atom. The topological polar surface area (TPSA) is 35.9 Å². The first kappa shape index (κ1) is 15.8. The predicted molar refractivity (Wildman–Crippen MR) is 88.1 cm³/mol. The molecule has 1 aromatic rings. The molecule has 22 heavy (non-hydrogen) atoms. The standard InChI is InChI=1S/C18H28N2O2/c1-18(21)9-12-19(14-17(18)20-10-3-4-11-20)13-15-5-7-16(22-2)8-6-15/h5-8,17,21H,3-4,9-14H2,1-2H3/t17-,18-/m1/s1. The summed E-state index contributed by atoms with van der Waals surface area (Å²) in [7, 11) is 1.70. The first-order chi connectivity index (χ1) is 10.6. The summed E-state index contributed by atoms with van der Waals surface area (Å²) < 4.78 is 5.22. The molecule has 0 aliphatic carbocycles. The van der Waals surface area contributed by atoms with Crippen molar-refractivity contribution in [1.29, 1.82) is 0 Å². The second kappa shape index (κ2) is 6.57. The SMILES string of the molecule is COc1ccc(CN2CC[C@@](C)(O)[C@H](N3CCCC3)C2)cc1. The Morgan fingerprint density at radius 3 is 2.50 bits per heavy atom. The van der Waals surface area contributed by atoms with Gasteiger partial charge in [0.25, 0.3) is 0 Å². The van der Waals surface area contributed by atoms with E-state index in [1.807, 2.05) is 19.1 Å². The fraction of sp³-hybridized carbons (Fsp3) is 0.667. The van der Waals surface area contributed by atoms with E-state index in [4.69, 9.17) is 4.74 Å². The van der Waals surface area contributed by atoms with Gasteiger partial charge in [0.2, 0.25) is 0 Å². The van der Waals surface area contributed by atoms with Crippen LogP contribution in [0.5, 0.6) is 5.75 Å². The molecule has 2 heterocycles. The zero-order valence-electron chi connectivity index (χ0n) is 13.8. The monoisotopic (exact) mass is 304 g/mol. The van der Waals surface area contributed by atoms with Crippen molar-refractivity contribution in [2.45, 2.75) is 44.4 Å². The van der Waals surface area contributed by atoms with Gasteiger partial charge in [-0.3, -0.25) is 9.80 Å². The van der Waals surface area contributed by atoms with Crippen molar-refractivity contribution in [1.82, 2.24) is 9.80 Å². The van der Waals surface area contributed by atoms with Gasteiger partial charge < -0.3 is 9.84 Å². The number of likely N-dealkylation sites (tertiary alicyclic amines) is 2. The highest BCUT2D eigenvalue weighted by Gasteiger charge is 2.41. The van der Waals surface area contributed by atoms with Crippen LogP contribution in [-0.2, 0) is 6.54 Å². The molecule has 2 aliphatic rings. The average Bonchev–Trinajstić information content (AvgIpc) is 3.04. The molecule has 0 unspecified atom stereocenters. The van der Waals surface area contributed by atoms with Crippen LogP contribution in [0.2, 0.25) is 0 Å². The minimum atomic E-state index is -0.555. The third-order valence-electron chi connectivity index (χ3n) is 5.23. The van der Waals surface area contributed by atoms with Crippen molar-refractivity contribution in [3.8, 4) is 5.75 Å². The van der Waals surface area contributed by atoms with Crippen molar-refractivity contribution in [2.24, 2.45) is 0 Å². The molecule has 0 spiro atoms. The Hall–Kier alpha value is -1.10. The highest BCUT2D eigenvalue weighted by atomic mass is 16.5. The van der Waals surface area contributed by atoms with E-state index in [1.165, 1.54) is 18.4 Å². The largest absolute Gasteiger partial charge is 0.497 e. The van der Waals surface area contributed by atoms with Gasteiger partial charge >= 0.3 is 0 Å². The quantitative estimate of drug-likeness (QED) is 0.924. The van der Waals surface area contributed by atoms with Gasteiger partial charge in [-0.15, -0.1) is 0 Å². The maximum absolute atomic E-state index is 10.8. The van der Waals surface area contributed by atoms with Crippen LogP contribution in [0.25, 0.3) is 0 Å². The molecule has 4 nitrogen and oxygen atoms in total. The molecule has 3 rings (SSSR count). The molecule has 0 bridgehead atoms.